The second-order valence-electron chi connectivity index (χ2n) is 7.07. The number of hydrogen-bond donors (Lipinski definition) is 1. The smallest absolute Gasteiger partial charge is 0.267 e. The number of hydrogen-bond acceptors (Lipinski definition) is 2. The summed E-state index contributed by atoms with van der Waals surface area (Å²) in [4.78, 5) is 13.4. The number of rotatable bonds is 1. The lowest BCUT2D eigenvalue weighted by atomic mass is 9.94. The molecular formula is C22H19NO2. The fraction of sp³-hybridized carbons (Fsp3) is 0.227. The fourth-order valence-electron chi connectivity index (χ4n) is 4.43. The van der Waals surface area contributed by atoms with Crippen LogP contribution < -0.4 is 5.56 Å². The van der Waals surface area contributed by atoms with Crippen molar-refractivity contribution < 1.29 is 5.11 Å². The van der Waals surface area contributed by atoms with Gasteiger partial charge in [0.05, 0.1) is 11.1 Å². The van der Waals surface area contributed by atoms with E-state index in [2.05, 4.69) is 6.07 Å². The highest BCUT2D eigenvalue weighted by Gasteiger charge is 2.26. The maximum atomic E-state index is 13.4. The van der Waals surface area contributed by atoms with Crippen molar-refractivity contribution in [2.24, 2.45) is 0 Å². The minimum Gasteiger partial charge on any atom is -0.506 e. The average molecular weight is 329 g/mol. The van der Waals surface area contributed by atoms with Crippen molar-refractivity contribution in [1.82, 2.24) is 4.40 Å². The molecule has 2 aromatic heterocycles. The number of benzene rings is 2. The van der Waals surface area contributed by atoms with E-state index in [1.807, 2.05) is 47.7 Å². The second-order valence-corrected chi connectivity index (χ2v) is 7.07. The molecule has 124 valence electrons. The summed E-state index contributed by atoms with van der Waals surface area (Å²) in [5, 5.41) is 12.9. The normalized spacial score (nSPS) is 14.3. The molecule has 0 aliphatic heterocycles. The van der Waals surface area contributed by atoms with E-state index in [0.29, 0.717) is 5.56 Å². The molecule has 0 saturated heterocycles. The van der Waals surface area contributed by atoms with Crippen LogP contribution in [-0.2, 0) is 12.8 Å². The minimum atomic E-state index is -0.104. The van der Waals surface area contributed by atoms with Gasteiger partial charge in [0.15, 0.2) is 0 Å². The largest absolute Gasteiger partial charge is 0.506 e. The molecule has 0 saturated carbocycles. The summed E-state index contributed by atoms with van der Waals surface area (Å²) in [7, 11) is 0. The van der Waals surface area contributed by atoms with Crippen molar-refractivity contribution in [2.75, 3.05) is 0 Å². The summed E-state index contributed by atoms with van der Waals surface area (Å²) < 4.78 is 1.88. The summed E-state index contributed by atoms with van der Waals surface area (Å²) >= 11 is 0. The van der Waals surface area contributed by atoms with Gasteiger partial charge in [0.25, 0.3) is 5.56 Å². The highest BCUT2D eigenvalue weighted by Crippen LogP contribution is 2.40. The third-order valence-electron chi connectivity index (χ3n) is 5.48. The molecule has 1 N–H and O–H groups in total. The molecule has 0 radical (unpaired) electrons. The Labute approximate surface area is 145 Å². The van der Waals surface area contributed by atoms with Gasteiger partial charge in [0.2, 0.25) is 0 Å². The molecule has 3 heteroatoms. The molecule has 3 nitrogen and oxygen atoms in total. The van der Waals surface area contributed by atoms with Crippen LogP contribution in [0.15, 0.2) is 47.3 Å². The van der Waals surface area contributed by atoms with Crippen molar-refractivity contribution in [3.8, 4) is 16.9 Å². The molecule has 0 amide bonds. The molecule has 1 aliphatic carbocycles. The zero-order valence-electron chi connectivity index (χ0n) is 14.2. The zero-order chi connectivity index (χ0) is 17.1. The Morgan fingerprint density at radius 3 is 2.52 bits per heavy atom. The Morgan fingerprint density at radius 1 is 1.00 bits per heavy atom. The van der Waals surface area contributed by atoms with Crippen molar-refractivity contribution >= 4 is 16.3 Å². The molecule has 0 unspecified atom stereocenters. The van der Waals surface area contributed by atoms with Gasteiger partial charge >= 0.3 is 0 Å². The van der Waals surface area contributed by atoms with Crippen LogP contribution in [0.5, 0.6) is 5.75 Å². The number of aromatic nitrogens is 1. The monoisotopic (exact) mass is 329 g/mol. The first-order chi connectivity index (χ1) is 12.2. The first-order valence-corrected chi connectivity index (χ1v) is 8.87. The number of nitrogens with zero attached hydrogens (tertiary/aromatic N) is 1. The van der Waals surface area contributed by atoms with Gasteiger partial charge in [0, 0.05) is 16.5 Å². The van der Waals surface area contributed by atoms with E-state index in [-0.39, 0.29) is 11.3 Å². The highest BCUT2D eigenvalue weighted by molar-refractivity contribution is 6.05. The van der Waals surface area contributed by atoms with Gasteiger partial charge in [-0.05, 0) is 61.4 Å². The van der Waals surface area contributed by atoms with E-state index < -0.39 is 0 Å². The Balaban J connectivity index is 2.04. The summed E-state index contributed by atoms with van der Waals surface area (Å²) in [5.41, 5.74) is 5.50. The van der Waals surface area contributed by atoms with Gasteiger partial charge in [-0.25, -0.2) is 0 Å². The molecule has 2 aromatic carbocycles. The van der Waals surface area contributed by atoms with Gasteiger partial charge in [0.1, 0.15) is 5.75 Å². The lowest BCUT2D eigenvalue weighted by Gasteiger charge is -2.13. The summed E-state index contributed by atoms with van der Waals surface area (Å²) in [5.74, 6) is 0.104. The van der Waals surface area contributed by atoms with Crippen LogP contribution in [-0.4, -0.2) is 9.51 Å². The average Bonchev–Trinajstić information content (AvgIpc) is 2.96. The Hall–Kier alpha value is -2.81. The third kappa shape index (κ3) is 1.89. The van der Waals surface area contributed by atoms with Crippen LogP contribution in [0.25, 0.3) is 27.4 Å². The Bertz CT molecular complexity index is 1170. The lowest BCUT2D eigenvalue weighted by Crippen LogP contribution is -2.18. The van der Waals surface area contributed by atoms with Crippen LogP contribution in [0.3, 0.4) is 0 Å². The number of aromatic hydroxyl groups is 1. The highest BCUT2D eigenvalue weighted by atomic mass is 16.3. The van der Waals surface area contributed by atoms with Gasteiger partial charge in [-0.2, -0.15) is 0 Å². The molecule has 0 spiro atoms. The second kappa shape index (κ2) is 5.09. The van der Waals surface area contributed by atoms with Crippen molar-refractivity contribution in [2.45, 2.75) is 32.6 Å². The number of pyridine rings is 1. The van der Waals surface area contributed by atoms with Crippen LogP contribution in [0.1, 0.15) is 29.7 Å². The molecule has 0 bridgehead atoms. The number of aryl methyl sites for hydroxylation is 3. The maximum absolute atomic E-state index is 13.4. The standard InChI is InChI=1S/C22H19NO2/c1-13-11-16-15-9-5-6-10-18(15)23-20(16)17(12-13)21(24)19(22(23)25)14-7-3-2-4-8-14/h2-4,7-8,11-12,24H,5-6,9-10H2,1H3. The third-order valence-corrected chi connectivity index (χ3v) is 5.48. The SMILES string of the molecule is Cc1cc2c(O)c(-c3ccccc3)c(=O)n3c4c(c(c1)c23)CCCC4. The molecule has 4 aromatic rings. The molecule has 2 heterocycles. The van der Waals surface area contributed by atoms with Gasteiger partial charge < -0.3 is 5.11 Å². The summed E-state index contributed by atoms with van der Waals surface area (Å²) in [6.07, 6.45) is 4.21. The molecule has 5 rings (SSSR count). The van der Waals surface area contributed by atoms with Gasteiger partial charge in [-0.15, -0.1) is 0 Å². The fourth-order valence-corrected chi connectivity index (χ4v) is 4.43. The van der Waals surface area contributed by atoms with E-state index in [9.17, 15) is 9.90 Å². The zero-order valence-corrected chi connectivity index (χ0v) is 14.2. The Morgan fingerprint density at radius 2 is 1.72 bits per heavy atom. The first-order valence-electron chi connectivity index (χ1n) is 8.87. The van der Waals surface area contributed by atoms with Crippen LogP contribution in [0.2, 0.25) is 0 Å². The van der Waals surface area contributed by atoms with Gasteiger partial charge in [-0.1, -0.05) is 30.3 Å². The van der Waals surface area contributed by atoms with E-state index in [0.717, 1.165) is 58.8 Å². The van der Waals surface area contributed by atoms with Crippen molar-refractivity contribution in [3.63, 3.8) is 0 Å². The molecular weight excluding hydrogens is 310 g/mol. The molecule has 0 atom stereocenters. The van der Waals surface area contributed by atoms with Gasteiger partial charge in [-0.3, -0.25) is 9.20 Å². The van der Waals surface area contributed by atoms with Crippen molar-refractivity contribution in [3.05, 3.63) is 69.6 Å². The number of fused-ring (bicyclic) bond motifs is 3. The van der Waals surface area contributed by atoms with Crippen LogP contribution in [0.4, 0.5) is 0 Å². The Kier molecular flexibility index (Phi) is 2.96. The first kappa shape index (κ1) is 14.5. The van der Waals surface area contributed by atoms with Crippen LogP contribution in [0, 0.1) is 6.92 Å². The van der Waals surface area contributed by atoms with E-state index >= 15 is 0 Å². The molecule has 25 heavy (non-hydrogen) atoms. The maximum Gasteiger partial charge on any atom is 0.267 e. The minimum absolute atomic E-state index is 0.104. The summed E-state index contributed by atoms with van der Waals surface area (Å²) in [6, 6.07) is 13.6. The summed E-state index contributed by atoms with van der Waals surface area (Å²) in [6.45, 7) is 2.05. The predicted molar refractivity (Wildman–Crippen MR) is 101 cm³/mol. The topological polar surface area (TPSA) is 41.7 Å². The van der Waals surface area contributed by atoms with E-state index in [1.165, 1.54) is 5.56 Å². The lowest BCUT2D eigenvalue weighted by molar-refractivity contribution is 0.482. The van der Waals surface area contributed by atoms with E-state index in [4.69, 9.17) is 0 Å². The van der Waals surface area contributed by atoms with E-state index in [1.54, 1.807) is 0 Å². The molecule has 0 fully saturated rings. The quantitative estimate of drug-likeness (QED) is 0.560. The van der Waals surface area contributed by atoms with Crippen molar-refractivity contribution in [1.29, 1.82) is 0 Å². The molecule has 1 aliphatic rings. The van der Waals surface area contributed by atoms with Crippen LogP contribution >= 0.6 is 0 Å². The predicted octanol–water partition coefficient (Wildman–Crippen LogP) is 4.45.